The third kappa shape index (κ3) is 4.10. The standard InChI is InChI=1S/C15H21ClN4O2/c1-10(9-20-6-4-5-14(20)21)17-15(22)11-7-12(16)18-13(8-11)19(2)3/h7-8,10H,4-6,9H2,1-3H3,(H,17,22)/t10-/m0/s1. The van der Waals surface area contributed by atoms with Crippen LogP contribution in [0.3, 0.4) is 0 Å². The zero-order valence-electron chi connectivity index (χ0n) is 13.1. The van der Waals surface area contributed by atoms with Crippen LogP contribution in [0.5, 0.6) is 0 Å². The first-order chi connectivity index (χ1) is 10.4. The molecule has 2 heterocycles. The maximum Gasteiger partial charge on any atom is 0.251 e. The van der Waals surface area contributed by atoms with E-state index in [1.165, 1.54) is 6.07 Å². The fourth-order valence-electron chi connectivity index (χ4n) is 2.42. The molecule has 6 nitrogen and oxygen atoms in total. The molecule has 0 aliphatic carbocycles. The van der Waals surface area contributed by atoms with Crippen molar-refractivity contribution in [3.8, 4) is 0 Å². The van der Waals surface area contributed by atoms with E-state index >= 15 is 0 Å². The minimum Gasteiger partial charge on any atom is -0.363 e. The van der Waals surface area contributed by atoms with Gasteiger partial charge in [0, 0.05) is 45.2 Å². The lowest BCUT2D eigenvalue weighted by Gasteiger charge is -2.22. The Kier molecular flexibility index (Phi) is 5.24. The van der Waals surface area contributed by atoms with Gasteiger partial charge in [-0.3, -0.25) is 9.59 Å². The number of carbonyl (C=O) groups is 2. The summed E-state index contributed by atoms with van der Waals surface area (Å²) in [6, 6.07) is 3.11. The molecule has 1 N–H and O–H groups in total. The molecule has 0 spiro atoms. The van der Waals surface area contributed by atoms with Gasteiger partial charge in [0.2, 0.25) is 5.91 Å². The van der Waals surface area contributed by atoms with Crippen molar-refractivity contribution >= 4 is 29.2 Å². The van der Waals surface area contributed by atoms with Gasteiger partial charge in [0.15, 0.2) is 0 Å². The van der Waals surface area contributed by atoms with Crippen LogP contribution in [0.15, 0.2) is 12.1 Å². The fourth-order valence-corrected chi connectivity index (χ4v) is 2.63. The lowest BCUT2D eigenvalue weighted by atomic mass is 10.2. The van der Waals surface area contributed by atoms with Gasteiger partial charge in [-0.25, -0.2) is 4.98 Å². The SMILES string of the molecule is C[C@@H](CN1CCCC1=O)NC(=O)c1cc(Cl)nc(N(C)C)c1. The topological polar surface area (TPSA) is 65.5 Å². The van der Waals surface area contributed by atoms with Crippen molar-refractivity contribution in [3.05, 3.63) is 22.8 Å². The van der Waals surface area contributed by atoms with Crippen LogP contribution in [-0.2, 0) is 4.79 Å². The molecule has 2 rings (SSSR count). The molecule has 1 aromatic rings. The minimum atomic E-state index is -0.216. The number of nitrogens with one attached hydrogen (secondary N) is 1. The van der Waals surface area contributed by atoms with E-state index in [0.717, 1.165) is 13.0 Å². The molecule has 1 aliphatic heterocycles. The van der Waals surface area contributed by atoms with Crippen molar-refractivity contribution in [3.63, 3.8) is 0 Å². The molecule has 1 fully saturated rings. The van der Waals surface area contributed by atoms with Crippen molar-refractivity contribution < 1.29 is 9.59 Å². The highest BCUT2D eigenvalue weighted by atomic mass is 35.5. The van der Waals surface area contributed by atoms with Crippen LogP contribution < -0.4 is 10.2 Å². The zero-order chi connectivity index (χ0) is 16.3. The Morgan fingerprint density at radius 2 is 2.23 bits per heavy atom. The highest BCUT2D eigenvalue weighted by Gasteiger charge is 2.22. The Morgan fingerprint density at radius 1 is 1.50 bits per heavy atom. The number of halogens is 1. The average molecular weight is 325 g/mol. The van der Waals surface area contributed by atoms with Crippen molar-refractivity contribution in [2.24, 2.45) is 0 Å². The number of pyridine rings is 1. The first kappa shape index (κ1) is 16.5. The van der Waals surface area contributed by atoms with E-state index in [2.05, 4.69) is 10.3 Å². The minimum absolute atomic E-state index is 0.121. The first-order valence-electron chi connectivity index (χ1n) is 7.30. The Bertz CT molecular complexity index is 577. The van der Waals surface area contributed by atoms with Gasteiger partial charge in [-0.15, -0.1) is 0 Å². The van der Waals surface area contributed by atoms with Crippen LogP contribution in [0.1, 0.15) is 30.1 Å². The molecule has 0 radical (unpaired) electrons. The summed E-state index contributed by atoms with van der Waals surface area (Å²) in [4.78, 5) is 31.7. The third-order valence-corrected chi connectivity index (χ3v) is 3.74. The molecule has 0 saturated carbocycles. The van der Waals surface area contributed by atoms with Crippen molar-refractivity contribution in [2.45, 2.75) is 25.8 Å². The number of aromatic nitrogens is 1. The van der Waals surface area contributed by atoms with Gasteiger partial charge < -0.3 is 15.1 Å². The number of hydrogen-bond acceptors (Lipinski definition) is 4. The molecule has 1 aliphatic rings. The van der Waals surface area contributed by atoms with E-state index in [4.69, 9.17) is 11.6 Å². The molecule has 2 amide bonds. The molecule has 0 unspecified atom stereocenters. The van der Waals surface area contributed by atoms with Crippen LogP contribution in [0, 0.1) is 0 Å². The van der Waals surface area contributed by atoms with Gasteiger partial charge in [0.05, 0.1) is 0 Å². The van der Waals surface area contributed by atoms with Gasteiger partial charge in [0.1, 0.15) is 11.0 Å². The Hall–Kier alpha value is -1.82. The van der Waals surface area contributed by atoms with E-state index in [9.17, 15) is 9.59 Å². The van der Waals surface area contributed by atoms with E-state index in [0.29, 0.717) is 24.3 Å². The van der Waals surface area contributed by atoms with E-state index in [1.54, 1.807) is 15.9 Å². The number of rotatable bonds is 5. The maximum atomic E-state index is 12.3. The second kappa shape index (κ2) is 6.96. The second-order valence-electron chi connectivity index (χ2n) is 5.75. The molecular weight excluding hydrogens is 304 g/mol. The zero-order valence-corrected chi connectivity index (χ0v) is 13.9. The van der Waals surface area contributed by atoms with Crippen molar-refractivity contribution in [1.29, 1.82) is 0 Å². The van der Waals surface area contributed by atoms with Crippen LogP contribution in [-0.4, -0.2) is 54.9 Å². The highest BCUT2D eigenvalue weighted by Crippen LogP contribution is 2.17. The van der Waals surface area contributed by atoms with E-state index in [-0.39, 0.29) is 23.0 Å². The fraction of sp³-hybridized carbons (Fsp3) is 0.533. The lowest BCUT2D eigenvalue weighted by molar-refractivity contribution is -0.127. The summed E-state index contributed by atoms with van der Waals surface area (Å²) in [5.74, 6) is 0.564. The quantitative estimate of drug-likeness (QED) is 0.834. The van der Waals surface area contributed by atoms with E-state index in [1.807, 2.05) is 21.0 Å². The summed E-state index contributed by atoms with van der Waals surface area (Å²) < 4.78 is 0. The first-order valence-corrected chi connectivity index (χ1v) is 7.68. The van der Waals surface area contributed by atoms with Crippen molar-refractivity contribution in [2.75, 3.05) is 32.1 Å². The predicted octanol–water partition coefficient (Wildman–Crippen LogP) is 1.54. The van der Waals surface area contributed by atoms with Gasteiger partial charge in [-0.1, -0.05) is 11.6 Å². The second-order valence-corrected chi connectivity index (χ2v) is 6.14. The van der Waals surface area contributed by atoms with Crippen LogP contribution in [0.25, 0.3) is 0 Å². The smallest absolute Gasteiger partial charge is 0.251 e. The monoisotopic (exact) mass is 324 g/mol. The molecule has 1 saturated heterocycles. The van der Waals surface area contributed by atoms with Gasteiger partial charge in [-0.05, 0) is 25.5 Å². The molecule has 1 atom stereocenters. The molecule has 0 bridgehead atoms. The van der Waals surface area contributed by atoms with Crippen LogP contribution >= 0.6 is 11.6 Å². The Morgan fingerprint density at radius 3 is 2.82 bits per heavy atom. The summed E-state index contributed by atoms with van der Waals surface area (Å²) in [7, 11) is 3.67. The van der Waals surface area contributed by atoms with Crippen LogP contribution in [0.4, 0.5) is 5.82 Å². The number of nitrogens with zero attached hydrogens (tertiary/aromatic N) is 3. The average Bonchev–Trinajstić information content (AvgIpc) is 2.83. The van der Waals surface area contributed by atoms with Crippen molar-refractivity contribution in [1.82, 2.24) is 15.2 Å². The van der Waals surface area contributed by atoms with Crippen LogP contribution in [0.2, 0.25) is 5.15 Å². The number of carbonyl (C=O) groups excluding carboxylic acids is 2. The largest absolute Gasteiger partial charge is 0.363 e. The number of hydrogen-bond donors (Lipinski definition) is 1. The summed E-state index contributed by atoms with van der Waals surface area (Å²) >= 11 is 5.96. The normalized spacial score (nSPS) is 15.8. The molecule has 120 valence electrons. The Balaban J connectivity index is 2.00. The molecule has 22 heavy (non-hydrogen) atoms. The summed E-state index contributed by atoms with van der Waals surface area (Å²) in [6.07, 6.45) is 1.50. The third-order valence-electron chi connectivity index (χ3n) is 3.54. The van der Waals surface area contributed by atoms with E-state index < -0.39 is 0 Å². The summed E-state index contributed by atoms with van der Waals surface area (Å²) in [5.41, 5.74) is 0.461. The molecule has 1 aromatic heterocycles. The number of likely N-dealkylation sites (tertiary alicyclic amines) is 1. The predicted molar refractivity (Wildman–Crippen MR) is 86.3 cm³/mol. The van der Waals surface area contributed by atoms with Gasteiger partial charge >= 0.3 is 0 Å². The summed E-state index contributed by atoms with van der Waals surface area (Å²) in [5, 5.41) is 3.18. The van der Waals surface area contributed by atoms with Gasteiger partial charge in [0.25, 0.3) is 5.91 Å². The molecule has 7 heteroatoms. The summed E-state index contributed by atoms with van der Waals surface area (Å²) in [6.45, 7) is 3.19. The Labute approximate surface area is 135 Å². The lowest BCUT2D eigenvalue weighted by Crippen LogP contribution is -2.42. The highest BCUT2D eigenvalue weighted by molar-refractivity contribution is 6.29. The number of amides is 2. The molecular formula is C15H21ClN4O2. The maximum absolute atomic E-state index is 12.3. The van der Waals surface area contributed by atoms with Gasteiger partial charge in [-0.2, -0.15) is 0 Å². The molecule has 0 aromatic carbocycles. The number of anilines is 1.